The molecule has 5 aliphatic heterocycles. The number of piperidine rings is 1. The van der Waals surface area contributed by atoms with Crippen molar-refractivity contribution in [1.82, 2.24) is 30.4 Å². The maximum atomic E-state index is 13.4. The first-order chi connectivity index (χ1) is 32.5. The molecule has 0 aliphatic carbocycles. The number of carbonyl (C=O) groups is 7. The number of piperazine rings is 1. The molecular formula is C45H52ClN9O12. The van der Waals surface area contributed by atoms with Crippen molar-refractivity contribution in [2.24, 2.45) is 0 Å². The number of halogens is 1. The van der Waals surface area contributed by atoms with E-state index in [1.54, 1.807) is 29.0 Å². The fourth-order valence-electron chi connectivity index (χ4n) is 8.60. The Balaban J connectivity index is 0.718. The molecule has 6 heterocycles. The number of aromatic nitrogens is 2. The van der Waals surface area contributed by atoms with Crippen LogP contribution in [0, 0.1) is 0 Å². The van der Waals surface area contributed by atoms with Crippen molar-refractivity contribution in [2.75, 3.05) is 101 Å². The zero-order valence-corrected chi connectivity index (χ0v) is 37.8. The second kappa shape index (κ2) is 21.5. The van der Waals surface area contributed by atoms with Crippen LogP contribution in [0.4, 0.5) is 23.1 Å². The van der Waals surface area contributed by atoms with Gasteiger partial charge in [-0.05, 0) is 43.0 Å². The largest absolute Gasteiger partial charge is 0.490 e. The number of amides is 7. The minimum Gasteiger partial charge on any atom is -0.490 e. The van der Waals surface area contributed by atoms with E-state index in [4.69, 9.17) is 40.3 Å². The molecule has 2 aromatic carbocycles. The molecule has 21 nitrogen and oxygen atoms in total. The summed E-state index contributed by atoms with van der Waals surface area (Å²) in [5.74, 6) is -1.22. The molecule has 2 fully saturated rings. The molecule has 356 valence electrons. The monoisotopic (exact) mass is 945 g/mol. The summed E-state index contributed by atoms with van der Waals surface area (Å²) in [5.41, 5.74) is 2.59. The summed E-state index contributed by atoms with van der Waals surface area (Å²) in [4.78, 5) is 104. The van der Waals surface area contributed by atoms with E-state index >= 15 is 0 Å². The van der Waals surface area contributed by atoms with E-state index in [0.717, 1.165) is 16.2 Å². The minimum absolute atomic E-state index is 0.00882. The molecule has 0 saturated carbocycles. The van der Waals surface area contributed by atoms with Gasteiger partial charge in [-0.25, -0.2) is 4.98 Å². The van der Waals surface area contributed by atoms with Gasteiger partial charge in [0.1, 0.15) is 35.8 Å². The van der Waals surface area contributed by atoms with Gasteiger partial charge in [0.2, 0.25) is 35.5 Å². The number of hydrogen-bond acceptors (Lipinski definition) is 16. The van der Waals surface area contributed by atoms with Crippen LogP contribution in [-0.4, -0.2) is 159 Å². The average Bonchev–Trinajstić information content (AvgIpc) is 3.57. The lowest BCUT2D eigenvalue weighted by atomic mass is 10.00. The Kier molecular flexibility index (Phi) is 15.1. The smallest absolute Gasteiger partial charge is 0.266 e. The van der Waals surface area contributed by atoms with Gasteiger partial charge in [-0.1, -0.05) is 17.7 Å². The average molecular weight is 946 g/mol. The Morgan fingerprint density at radius 2 is 1.76 bits per heavy atom. The van der Waals surface area contributed by atoms with E-state index < -0.39 is 29.7 Å². The Labute approximate surface area is 390 Å². The number of aryl methyl sites for hydroxylation is 1. The maximum Gasteiger partial charge on any atom is 0.266 e. The summed E-state index contributed by atoms with van der Waals surface area (Å²) in [5, 5.41) is 8.65. The molecular weight excluding hydrogens is 894 g/mol. The van der Waals surface area contributed by atoms with Gasteiger partial charge in [0.15, 0.2) is 5.82 Å². The summed E-state index contributed by atoms with van der Waals surface area (Å²) < 4.78 is 29.2. The zero-order chi connectivity index (χ0) is 47.0. The fraction of sp³-hybridized carbons (Fsp3) is 0.489. The Morgan fingerprint density at radius 1 is 0.940 bits per heavy atom. The highest BCUT2D eigenvalue weighted by Crippen LogP contribution is 2.40. The van der Waals surface area contributed by atoms with E-state index in [1.807, 2.05) is 17.0 Å². The normalized spacial score (nSPS) is 19.4. The van der Waals surface area contributed by atoms with E-state index in [9.17, 15) is 33.6 Å². The summed E-state index contributed by atoms with van der Waals surface area (Å²) in [7, 11) is 1.74. The lowest BCUT2D eigenvalue weighted by Crippen LogP contribution is -2.57. The Morgan fingerprint density at radius 3 is 2.60 bits per heavy atom. The van der Waals surface area contributed by atoms with Crippen molar-refractivity contribution in [1.29, 1.82) is 0 Å². The predicted octanol–water partition coefficient (Wildman–Crippen LogP) is 2.01. The molecule has 0 spiro atoms. The Hall–Kier alpha value is -6.42. The van der Waals surface area contributed by atoms with Crippen LogP contribution in [0.5, 0.6) is 11.5 Å². The second-order valence-electron chi connectivity index (χ2n) is 16.4. The Bertz CT molecular complexity index is 2420. The number of benzene rings is 2. The molecule has 67 heavy (non-hydrogen) atoms. The lowest BCUT2D eigenvalue weighted by molar-refractivity contribution is -0.136. The van der Waals surface area contributed by atoms with Gasteiger partial charge in [-0.15, -0.1) is 0 Å². The van der Waals surface area contributed by atoms with Crippen LogP contribution >= 0.6 is 11.6 Å². The number of hydrogen-bond donors (Lipinski definition) is 3. The number of rotatable bonds is 15. The van der Waals surface area contributed by atoms with E-state index in [1.165, 1.54) is 12.3 Å². The van der Waals surface area contributed by atoms with Crippen molar-refractivity contribution < 1.29 is 57.2 Å². The molecule has 2 saturated heterocycles. The molecule has 2 atom stereocenters. The van der Waals surface area contributed by atoms with Gasteiger partial charge in [0, 0.05) is 77.3 Å². The third-order valence-electron chi connectivity index (χ3n) is 12.0. The highest BCUT2D eigenvalue weighted by molar-refractivity contribution is 6.33. The van der Waals surface area contributed by atoms with Gasteiger partial charge in [0.25, 0.3) is 11.8 Å². The summed E-state index contributed by atoms with van der Waals surface area (Å²) in [6.45, 7) is 3.47. The predicted molar refractivity (Wildman–Crippen MR) is 240 cm³/mol. The van der Waals surface area contributed by atoms with Crippen LogP contribution in [-0.2, 0) is 44.6 Å². The van der Waals surface area contributed by atoms with Crippen LogP contribution < -0.4 is 35.2 Å². The molecule has 3 N–H and O–H groups in total. The first kappa shape index (κ1) is 47.1. The van der Waals surface area contributed by atoms with Gasteiger partial charge in [0.05, 0.1) is 62.1 Å². The van der Waals surface area contributed by atoms with Gasteiger partial charge < -0.3 is 49.0 Å². The van der Waals surface area contributed by atoms with Gasteiger partial charge in [-0.2, -0.15) is 4.98 Å². The standard InChI is InChI=1S/C45H52ClN9O12/c1-52-37(58)10-6-27-22-28-23-34(40(27)52)67-21-19-65-26-29-25-53(13-14-54(29)45-48-24-31(46)41(49-28)51-45)38(59)11-9-35(56)47-12-3-15-63-16-17-64-18-20-66-33-5-2-4-30-39(33)44(62)55(43(30)61)32-7-8-36(57)50-42(32)60/h2,4-5,22-24,29,32H,3,6-21,25-26H2,1H3,(H,47,56)(H,48,49,51)(H,50,57,60)/t29-,32+/m1/s1. The molecule has 1 aromatic heterocycles. The number of anilines is 4. The van der Waals surface area contributed by atoms with E-state index in [0.29, 0.717) is 86.9 Å². The molecule has 5 aliphatic rings. The van der Waals surface area contributed by atoms with Crippen molar-refractivity contribution in [2.45, 2.75) is 57.0 Å². The minimum atomic E-state index is -1.07. The highest BCUT2D eigenvalue weighted by atomic mass is 35.5. The van der Waals surface area contributed by atoms with Crippen molar-refractivity contribution in [3.8, 4) is 11.5 Å². The molecule has 3 aromatic rings. The third-order valence-corrected chi connectivity index (χ3v) is 12.3. The topological polar surface area (TPSA) is 240 Å². The number of nitrogens with zero attached hydrogens (tertiary/aromatic N) is 6. The van der Waals surface area contributed by atoms with Crippen LogP contribution in [0.25, 0.3) is 0 Å². The van der Waals surface area contributed by atoms with Crippen LogP contribution in [0.15, 0.2) is 36.5 Å². The van der Waals surface area contributed by atoms with Crippen LogP contribution in [0.3, 0.4) is 0 Å². The van der Waals surface area contributed by atoms with E-state index in [2.05, 4.69) is 20.9 Å². The number of imide groups is 2. The first-order valence-electron chi connectivity index (χ1n) is 22.3. The number of carbonyl (C=O) groups excluding carboxylic acids is 7. The number of nitrogens with one attached hydrogen (secondary N) is 3. The summed E-state index contributed by atoms with van der Waals surface area (Å²) in [6, 6.07) is 7.07. The molecule has 0 unspecified atom stereocenters. The van der Waals surface area contributed by atoms with Crippen molar-refractivity contribution in [3.63, 3.8) is 0 Å². The first-order valence-corrected chi connectivity index (χ1v) is 22.7. The number of fused-ring (bicyclic) bond motifs is 9. The zero-order valence-electron chi connectivity index (χ0n) is 37.0. The SMILES string of the molecule is CN1C(=O)CCc2cc3cc(c21)OCCOC[C@H]1CN(C(=O)CCC(=O)NCCCOCCOCCOc2cccc4c2C(=O)N([C@H]2CCC(=O)NC2=O)C4=O)CCN1c1ncc(Cl)c(n1)N3. The number of ether oxygens (including phenoxy) is 5. The van der Waals surface area contributed by atoms with Crippen molar-refractivity contribution >= 4 is 76.1 Å². The fourth-order valence-corrected chi connectivity index (χ4v) is 8.74. The third kappa shape index (κ3) is 10.9. The lowest BCUT2D eigenvalue weighted by Gasteiger charge is -2.41. The second-order valence-corrected chi connectivity index (χ2v) is 16.8. The molecule has 7 amide bonds. The summed E-state index contributed by atoms with van der Waals surface area (Å²) >= 11 is 6.57. The van der Waals surface area contributed by atoms with Crippen LogP contribution in [0.2, 0.25) is 5.02 Å². The van der Waals surface area contributed by atoms with E-state index in [-0.39, 0.29) is 106 Å². The quantitative estimate of drug-likeness (QED) is 0.146. The van der Waals surface area contributed by atoms with Gasteiger partial charge >= 0.3 is 0 Å². The van der Waals surface area contributed by atoms with Crippen LogP contribution in [0.1, 0.15) is 64.8 Å². The van der Waals surface area contributed by atoms with Gasteiger partial charge in [-0.3, -0.25) is 43.8 Å². The highest BCUT2D eigenvalue weighted by Gasteiger charge is 2.46. The van der Waals surface area contributed by atoms with Crippen molar-refractivity contribution in [3.05, 3.63) is 58.2 Å². The summed E-state index contributed by atoms with van der Waals surface area (Å²) in [6.07, 6.45) is 3.21. The molecule has 4 bridgehead atoms. The molecule has 22 heteroatoms. The molecule has 8 rings (SSSR count). The molecule has 0 radical (unpaired) electrons. The maximum absolute atomic E-state index is 13.4.